The van der Waals surface area contributed by atoms with Crippen LogP contribution in [0.25, 0.3) is 0 Å². The zero-order valence-corrected chi connectivity index (χ0v) is 13.6. The minimum Gasteiger partial charge on any atom is -0.489 e. The topological polar surface area (TPSA) is 45.3 Å². The van der Waals surface area contributed by atoms with Crippen molar-refractivity contribution in [2.45, 2.75) is 32.0 Å². The molecule has 2 unspecified atom stereocenters. The number of para-hydroxylation sites is 1. The van der Waals surface area contributed by atoms with Crippen LogP contribution in [0.4, 0.5) is 0 Å². The van der Waals surface area contributed by atoms with Crippen LogP contribution in [0.15, 0.2) is 54.6 Å². The van der Waals surface area contributed by atoms with E-state index < -0.39 is 0 Å². The van der Waals surface area contributed by atoms with Crippen LogP contribution in [0.3, 0.4) is 0 Å². The Balaban J connectivity index is 1.64. The molecule has 0 radical (unpaired) electrons. The monoisotopic (exact) mass is 311 g/mol. The van der Waals surface area contributed by atoms with E-state index in [4.69, 9.17) is 4.74 Å². The van der Waals surface area contributed by atoms with Crippen LogP contribution in [0, 0.1) is 0 Å². The molecule has 122 valence electrons. The molecule has 3 N–H and O–H groups in total. The molecule has 1 aliphatic rings. The van der Waals surface area contributed by atoms with Crippen LogP contribution in [-0.4, -0.2) is 19.1 Å². The lowest BCUT2D eigenvalue weighted by atomic mass is 10.0. The number of hydrazine groups is 1. The number of hydrogen-bond donors (Lipinski definition) is 3. The highest BCUT2D eigenvalue weighted by molar-refractivity contribution is 5.36. The predicted molar refractivity (Wildman–Crippen MR) is 93.2 cm³/mol. The standard InChI is InChI=1S/C19H25N3O/c1-2-20-13-16-12-18(22-21-16)17-10-6-7-11-19(17)23-14-15-8-4-3-5-9-15/h3-11,16,18,20-22H,2,12-14H2,1H3. The molecule has 4 heteroatoms. The average molecular weight is 311 g/mol. The average Bonchev–Trinajstić information content (AvgIpc) is 3.08. The van der Waals surface area contributed by atoms with Crippen LogP contribution < -0.4 is 20.9 Å². The van der Waals surface area contributed by atoms with E-state index in [2.05, 4.69) is 53.4 Å². The second-order valence-corrected chi connectivity index (χ2v) is 5.89. The first kappa shape index (κ1) is 16.0. The SMILES string of the molecule is CCNCC1CC(c2ccccc2OCc2ccccc2)NN1. The van der Waals surface area contributed by atoms with Crippen LogP contribution in [0.2, 0.25) is 0 Å². The number of hydrogen-bond acceptors (Lipinski definition) is 4. The minimum atomic E-state index is 0.283. The van der Waals surface area contributed by atoms with Crippen molar-refractivity contribution in [2.75, 3.05) is 13.1 Å². The van der Waals surface area contributed by atoms with E-state index in [0.29, 0.717) is 12.6 Å². The number of nitrogens with one attached hydrogen (secondary N) is 3. The summed E-state index contributed by atoms with van der Waals surface area (Å²) in [6.07, 6.45) is 1.05. The fraction of sp³-hybridized carbons (Fsp3) is 0.368. The zero-order chi connectivity index (χ0) is 15.9. The molecule has 1 heterocycles. The van der Waals surface area contributed by atoms with Gasteiger partial charge in [-0.05, 0) is 24.6 Å². The van der Waals surface area contributed by atoms with Gasteiger partial charge < -0.3 is 10.1 Å². The van der Waals surface area contributed by atoms with Crippen molar-refractivity contribution in [3.05, 3.63) is 65.7 Å². The summed E-state index contributed by atoms with van der Waals surface area (Å²) in [6, 6.07) is 19.3. The van der Waals surface area contributed by atoms with Gasteiger partial charge in [0.05, 0.1) is 6.04 Å². The Labute approximate surface area is 138 Å². The Bertz CT molecular complexity index is 603. The molecule has 23 heavy (non-hydrogen) atoms. The molecule has 1 saturated heterocycles. The molecular weight excluding hydrogens is 286 g/mol. The minimum absolute atomic E-state index is 0.283. The summed E-state index contributed by atoms with van der Waals surface area (Å²) in [4.78, 5) is 0. The summed E-state index contributed by atoms with van der Waals surface area (Å²) in [7, 11) is 0. The van der Waals surface area contributed by atoms with E-state index in [1.807, 2.05) is 24.3 Å². The van der Waals surface area contributed by atoms with Crippen molar-refractivity contribution in [1.29, 1.82) is 0 Å². The van der Waals surface area contributed by atoms with Gasteiger partial charge in [-0.15, -0.1) is 0 Å². The van der Waals surface area contributed by atoms with Crippen LogP contribution >= 0.6 is 0 Å². The maximum absolute atomic E-state index is 6.07. The summed E-state index contributed by atoms with van der Waals surface area (Å²) in [5, 5.41) is 3.39. The summed E-state index contributed by atoms with van der Waals surface area (Å²) in [5.74, 6) is 0.958. The van der Waals surface area contributed by atoms with Gasteiger partial charge in [0.15, 0.2) is 0 Å². The van der Waals surface area contributed by atoms with E-state index in [9.17, 15) is 0 Å². The summed E-state index contributed by atoms with van der Waals surface area (Å²) in [5.41, 5.74) is 9.18. The second kappa shape index (κ2) is 8.11. The quantitative estimate of drug-likeness (QED) is 0.736. The Hall–Kier alpha value is -1.88. The molecule has 1 fully saturated rings. The van der Waals surface area contributed by atoms with Crippen molar-refractivity contribution in [2.24, 2.45) is 0 Å². The van der Waals surface area contributed by atoms with Gasteiger partial charge in [-0.3, -0.25) is 5.43 Å². The number of rotatable bonds is 7. The van der Waals surface area contributed by atoms with E-state index in [0.717, 1.165) is 25.3 Å². The van der Waals surface area contributed by atoms with Gasteiger partial charge in [0, 0.05) is 18.2 Å². The number of ether oxygens (including phenoxy) is 1. The molecule has 3 rings (SSSR count). The Kier molecular flexibility index (Phi) is 5.64. The van der Waals surface area contributed by atoms with Gasteiger partial charge >= 0.3 is 0 Å². The first-order valence-electron chi connectivity index (χ1n) is 8.34. The Morgan fingerprint density at radius 1 is 1.04 bits per heavy atom. The summed E-state index contributed by atoms with van der Waals surface area (Å²) < 4.78 is 6.07. The molecule has 2 aromatic rings. The summed E-state index contributed by atoms with van der Waals surface area (Å²) in [6.45, 7) is 4.71. The molecule has 0 saturated carbocycles. The van der Waals surface area contributed by atoms with Crippen LogP contribution in [-0.2, 0) is 6.61 Å². The molecule has 0 bridgehead atoms. The van der Waals surface area contributed by atoms with Gasteiger partial charge in [-0.2, -0.15) is 0 Å². The van der Waals surface area contributed by atoms with Gasteiger partial charge in [-0.1, -0.05) is 55.5 Å². The van der Waals surface area contributed by atoms with E-state index in [1.165, 1.54) is 11.1 Å². The zero-order valence-electron chi connectivity index (χ0n) is 13.6. The molecule has 4 nitrogen and oxygen atoms in total. The molecule has 0 amide bonds. The van der Waals surface area contributed by atoms with E-state index >= 15 is 0 Å². The second-order valence-electron chi connectivity index (χ2n) is 5.89. The first-order chi connectivity index (χ1) is 11.4. The van der Waals surface area contributed by atoms with E-state index in [-0.39, 0.29) is 6.04 Å². The van der Waals surface area contributed by atoms with Gasteiger partial charge in [-0.25, -0.2) is 5.43 Å². The predicted octanol–water partition coefficient (Wildman–Crippen LogP) is 2.78. The smallest absolute Gasteiger partial charge is 0.124 e. The lowest BCUT2D eigenvalue weighted by Crippen LogP contribution is -2.37. The molecule has 2 atom stereocenters. The first-order valence-corrected chi connectivity index (χ1v) is 8.34. The fourth-order valence-electron chi connectivity index (χ4n) is 2.91. The highest BCUT2D eigenvalue weighted by atomic mass is 16.5. The molecule has 1 aliphatic heterocycles. The van der Waals surface area contributed by atoms with Crippen molar-refractivity contribution in [1.82, 2.24) is 16.2 Å². The molecular formula is C19H25N3O. The van der Waals surface area contributed by atoms with Crippen molar-refractivity contribution in [3.8, 4) is 5.75 Å². The highest BCUT2D eigenvalue weighted by Gasteiger charge is 2.26. The Morgan fingerprint density at radius 3 is 2.65 bits per heavy atom. The van der Waals surface area contributed by atoms with Crippen molar-refractivity contribution < 1.29 is 4.74 Å². The third-order valence-electron chi connectivity index (χ3n) is 4.15. The molecule has 0 spiro atoms. The third kappa shape index (κ3) is 4.32. The van der Waals surface area contributed by atoms with Crippen molar-refractivity contribution in [3.63, 3.8) is 0 Å². The number of benzene rings is 2. The van der Waals surface area contributed by atoms with Crippen LogP contribution in [0.1, 0.15) is 30.5 Å². The van der Waals surface area contributed by atoms with E-state index in [1.54, 1.807) is 0 Å². The maximum atomic E-state index is 6.07. The van der Waals surface area contributed by atoms with Gasteiger partial charge in [0.1, 0.15) is 12.4 Å². The summed E-state index contributed by atoms with van der Waals surface area (Å²) >= 11 is 0. The lowest BCUT2D eigenvalue weighted by molar-refractivity contribution is 0.299. The normalized spacial score (nSPS) is 20.6. The number of likely N-dealkylation sites (N-methyl/N-ethyl adjacent to an activating group) is 1. The maximum Gasteiger partial charge on any atom is 0.124 e. The fourth-order valence-corrected chi connectivity index (χ4v) is 2.91. The molecule has 0 aliphatic carbocycles. The van der Waals surface area contributed by atoms with Gasteiger partial charge in [0.2, 0.25) is 0 Å². The van der Waals surface area contributed by atoms with Crippen molar-refractivity contribution >= 4 is 0 Å². The lowest BCUT2D eigenvalue weighted by Gasteiger charge is -2.16. The molecule has 2 aromatic carbocycles. The Morgan fingerprint density at radius 2 is 1.83 bits per heavy atom. The molecule has 0 aromatic heterocycles. The highest BCUT2D eigenvalue weighted by Crippen LogP contribution is 2.30. The van der Waals surface area contributed by atoms with Crippen LogP contribution in [0.5, 0.6) is 5.75 Å². The largest absolute Gasteiger partial charge is 0.489 e. The third-order valence-corrected chi connectivity index (χ3v) is 4.15. The van der Waals surface area contributed by atoms with Gasteiger partial charge in [0.25, 0.3) is 0 Å².